The van der Waals surface area contributed by atoms with Crippen molar-refractivity contribution in [1.29, 1.82) is 0 Å². The number of morpholine rings is 1. The molecule has 1 fully saturated rings. The van der Waals surface area contributed by atoms with Gasteiger partial charge in [0, 0.05) is 49.9 Å². The molecule has 0 amide bonds. The van der Waals surface area contributed by atoms with E-state index in [9.17, 15) is 5.11 Å². The summed E-state index contributed by atoms with van der Waals surface area (Å²) in [5.41, 5.74) is 1.04. The lowest BCUT2D eigenvalue weighted by Crippen LogP contribution is -2.38. The van der Waals surface area contributed by atoms with Crippen LogP contribution < -0.4 is 0 Å². The average Bonchev–Trinajstić information content (AvgIpc) is 2.80. The fraction of sp³-hybridized carbons (Fsp3) is 0.429. The van der Waals surface area contributed by atoms with Crippen LogP contribution in [0.5, 0.6) is 5.75 Å². The molecule has 1 aromatic carbocycles. The van der Waals surface area contributed by atoms with Gasteiger partial charge in [0.25, 0.3) is 0 Å². The predicted octanol–water partition coefficient (Wildman–Crippen LogP) is 1.48. The molecular weight excluding hydrogens is 228 g/mol. The minimum Gasteiger partial charge on any atom is -0.508 e. The molecule has 2 aromatic rings. The summed E-state index contributed by atoms with van der Waals surface area (Å²) in [5, 5.41) is 10.6. The van der Waals surface area contributed by atoms with Crippen LogP contribution >= 0.6 is 0 Å². The van der Waals surface area contributed by atoms with Crippen LogP contribution in [0.1, 0.15) is 0 Å². The SMILES string of the molecule is Oc1ccc2[c]cn(CCN3CCOCC3)c2c1. The van der Waals surface area contributed by atoms with E-state index >= 15 is 0 Å². The smallest absolute Gasteiger partial charge is 0.117 e. The fourth-order valence-corrected chi connectivity index (χ4v) is 2.36. The summed E-state index contributed by atoms with van der Waals surface area (Å²) in [6, 6.07) is 8.61. The zero-order valence-corrected chi connectivity index (χ0v) is 10.3. The van der Waals surface area contributed by atoms with Crippen LogP contribution in [-0.2, 0) is 11.3 Å². The molecular formula is C14H17N2O2. The Morgan fingerprint density at radius 2 is 2.06 bits per heavy atom. The summed E-state index contributed by atoms with van der Waals surface area (Å²) < 4.78 is 7.48. The van der Waals surface area contributed by atoms with Crippen molar-refractivity contribution in [2.24, 2.45) is 0 Å². The maximum atomic E-state index is 9.54. The molecule has 1 aliphatic rings. The third kappa shape index (κ3) is 2.35. The lowest BCUT2D eigenvalue weighted by Gasteiger charge is -2.26. The van der Waals surface area contributed by atoms with Crippen LogP contribution in [0.25, 0.3) is 10.9 Å². The largest absolute Gasteiger partial charge is 0.508 e. The van der Waals surface area contributed by atoms with Crippen molar-refractivity contribution in [3.8, 4) is 5.75 Å². The number of aromatic nitrogens is 1. The van der Waals surface area contributed by atoms with Gasteiger partial charge in [0.1, 0.15) is 5.75 Å². The Kier molecular flexibility index (Phi) is 3.21. The number of phenolic OH excluding ortho intramolecular Hbond substituents is 1. The molecule has 0 aliphatic carbocycles. The second kappa shape index (κ2) is 5.00. The lowest BCUT2D eigenvalue weighted by atomic mass is 10.2. The highest BCUT2D eigenvalue weighted by Crippen LogP contribution is 2.20. The number of hydrogen-bond acceptors (Lipinski definition) is 3. The molecule has 0 unspecified atom stereocenters. The maximum absolute atomic E-state index is 9.54. The third-order valence-corrected chi connectivity index (χ3v) is 3.43. The van der Waals surface area contributed by atoms with E-state index in [0.717, 1.165) is 50.3 Å². The molecule has 0 bridgehead atoms. The Hall–Kier alpha value is -1.52. The first kappa shape index (κ1) is 11.6. The topological polar surface area (TPSA) is 37.6 Å². The highest BCUT2D eigenvalue weighted by molar-refractivity contribution is 5.80. The Labute approximate surface area is 106 Å². The van der Waals surface area contributed by atoms with Crippen molar-refractivity contribution >= 4 is 10.9 Å². The van der Waals surface area contributed by atoms with E-state index in [1.165, 1.54) is 0 Å². The summed E-state index contributed by atoms with van der Waals surface area (Å²) >= 11 is 0. The van der Waals surface area contributed by atoms with E-state index in [2.05, 4.69) is 15.5 Å². The number of phenols is 1. The Balaban J connectivity index is 1.72. The number of aromatic hydroxyl groups is 1. The van der Waals surface area contributed by atoms with Crippen molar-refractivity contribution in [3.05, 3.63) is 30.5 Å². The number of hydrogen-bond donors (Lipinski definition) is 1. The van der Waals surface area contributed by atoms with Crippen LogP contribution in [0.3, 0.4) is 0 Å². The van der Waals surface area contributed by atoms with Crippen LogP contribution in [0.4, 0.5) is 0 Å². The molecule has 1 saturated heterocycles. The Morgan fingerprint density at radius 3 is 2.89 bits per heavy atom. The van der Waals surface area contributed by atoms with E-state index in [0.29, 0.717) is 5.75 Å². The van der Waals surface area contributed by atoms with Crippen molar-refractivity contribution in [2.45, 2.75) is 6.54 Å². The molecule has 1 N–H and O–H groups in total. The number of fused-ring (bicyclic) bond motifs is 1. The molecule has 95 valence electrons. The molecule has 0 spiro atoms. The number of nitrogens with zero attached hydrogens (tertiary/aromatic N) is 2. The molecule has 2 heterocycles. The van der Waals surface area contributed by atoms with E-state index in [-0.39, 0.29) is 0 Å². The van der Waals surface area contributed by atoms with Gasteiger partial charge in [0.15, 0.2) is 0 Å². The quantitative estimate of drug-likeness (QED) is 0.890. The molecule has 18 heavy (non-hydrogen) atoms. The van der Waals surface area contributed by atoms with Crippen LogP contribution in [0.2, 0.25) is 0 Å². The second-order valence-corrected chi connectivity index (χ2v) is 4.62. The maximum Gasteiger partial charge on any atom is 0.117 e. The first-order valence-corrected chi connectivity index (χ1v) is 6.32. The van der Waals surface area contributed by atoms with Gasteiger partial charge < -0.3 is 14.4 Å². The van der Waals surface area contributed by atoms with Gasteiger partial charge in [-0.1, -0.05) is 0 Å². The average molecular weight is 245 g/mol. The molecule has 1 aromatic heterocycles. The molecule has 4 heteroatoms. The summed E-state index contributed by atoms with van der Waals surface area (Å²) in [6.45, 7) is 5.61. The zero-order valence-electron chi connectivity index (χ0n) is 10.3. The monoisotopic (exact) mass is 245 g/mol. The Bertz CT molecular complexity index is 530. The summed E-state index contributed by atoms with van der Waals surface area (Å²) in [5.74, 6) is 0.308. The molecule has 4 nitrogen and oxygen atoms in total. The van der Waals surface area contributed by atoms with Gasteiger partial charge in [-0.05, 0) is 12.1 Å². The lowest BCUT2D eigenvalue weighted by molar-refractivity contribution is 0.0365. The molecule has 1 radical (unpaired) electrons. The van der Waals surface area contributed by atoms with E-state index in [1.807, 2.05) is 12.3 Å². The normalized spacial score (nSPS) is 17.3. The van der Waals surface area contributed by atoms with Gasteiger partial charge in [-0.15, -0.1) is 0 Å². The fourth-order valence-electron chi connectivity index (χ4n) is 2.36. The van der Waals surface area contributed by atoms with E-state index in [1.54, 1.807) is 12.1 Å². The van der Waals surface area contributed by atoms with Crippen molar-refractivity contribution < 1.29 is 9.84 Å². The van der Waals surface area contributed by atoms with Gasteiger partial charge in [-0.3, -0.25) is 4.90 Å². The predicted molar refractivity (Wildman–Crippen MR) is 69.7 cm³/mol. The first-order chi connectivity index (χ1) is 8.83. The van der Waals surface area contributed by atoms with Crippen LogP contribution in [0, 0.1) is 6.07 Å². The summed E-state index contributed by atoms with van der Waals surface area (Å²) in [6.07, 6.45) is 1.96. The van der Waals surface area contributed by atoms with Gasteiger partial charge in [-0.25, -0.2) is 0 Å². The second-order valence-electron chi connectivity index (χ2n) is 4.62. The van der Waals surface area contributed by atoms with Gasteiger partial charge >= 0.3 is 0 Å². The molecule has 3 rings (SSSR count). The highest BCUT2D eigenvalue weighted by Gasteiger charge is 2.10. The van der Waals surface area contributed by atoms with Crippen molar-refractivity contribution in [1.82, 2.24) is 9.47 Å². The minimum atomic E-state index is 0.308. The summed E-state index contributed by atoms with van der Waals surface area (Å²) in [4.78, 5) is 2.40. The van der Waals surface area contributed by atoms with Gasteiger partial charge in [0.2, 0.25) is 0 Å². The molecule has 1 aliphatic heterocycles. The minimum absolute atomic E-state index is 0.308. The van der Waals surface area contributed by atoms with E-state index in [4.69, 9.17) is 4.74 Å². The number of ether oxygens (including phenoxy) is 1. The number of rotatable bonds is 3. The summed E-state index contributed by atoms with van der Waals surface area (Å²) in [7, 11) is 0. The molecule has 0 atom stereocenters. The van der Waals surface area contributed by atoms with Crippen molar-refractivity contribution in [3.63, 3.8) is 0 Å². The van der Waals surface area contributed by atoms with E-state index < -0.39 is 0 Å². The van der Waals surface area contributed by atoms with Crippen molar-refractivity contribution in [2.75, 3.05) is 32.8 Å². The van der Waals surface area contributed by atoms with Crippen LogP contribution in [-0.4, -0.2) is 47.4 Å². The number of benzene rings is 1. The molecule has 0 saturated carbocycles. The van der Waals surface area contributed by atoms with Gasteiger partial charge in [0.05, 0.1) is 18.7 Å². The Morgan fingerprint density at radius 1 is 1.22 bits per heavy atom. The first-order valence-electron chi connectivity index (χ1n) is 6.32. The van der Waals surface area contributed by atoms with Gasteiger partial charge in [-0.2, -0.15) is 0 Å². The standard InChI is InChI=1S/C14H17N2O2/c17-13-2-1-12-3-4-16(14(12)11-13)6-5-15-7-9-18-10-8-15/h1-2,4,11,17H,5-10H2. The highest BCUT2D eigenvalue weighted by atomic mass is 16.5. The zero-order chi connectivity index (χ0) is 12.4. The third-order valence-electron chi connectivity index (χ3n) is 3.43. The van der Waals surface area contributed by atoms with Crippen LogP contribution in [0.15, 0.2) is 24.4 Å².